The van der Waals surface area contributed by atoms with Crippen LogP contribution in [0, 0.1) is 11.6 Å². The summed E-state index contributed by atoms with van der Waals surface area (Å²) < 4.78 is 26.4. The number of halogens is 3. The van der Waals surface area contributed by atoms with E-state index in [1.165, 1.54) is 30.6 Å². The summed E-state index contributed by atoms with van der Waals surface area (Å²) in [5.41, 5.74) is 7.21. The highest BCUT2D eigenvalue weighted by molar-refractivity contribution is 6.35. The monoisotopic (exact) mass is 346 g/mol. The molecule has 0 bridgehead atoms. The molecule has 0 aliphatic heterocycles. The van der Waals surface area contributed by atoms with Crippen molar-refractivity contribution in [1.29, 1.82) is 0 Å². The van der Waals surface area contributed by atoms with Gasteiger partial charge in [-0.25, -0.2) is 18.7 Å². The molecule has 0 fully saturated rings. The maximum absolute atomic E-state index is 13.2. The average molecular weight is 347 g/mol. The maximum Gasteiger partial charge on any atom is 0.151 e. The van der Waals surface area contributed by atoms with E-state index in [4.69, 9.17) is 17.3 Å². The molecule has 1 heterocycles. The van der Waals surface area contributed by atoms with E-state index in [1.54, 1.807) is 24.3 Å². The van der Waals surface area contributed by atoms with Crippen LogP contribution in [0.1, 0.15) is 17.2 Å². The molecule has 0 amide bonds. The van der Waals surface area contributed by atoms with Gasteiger partial charge in [-0.2, -0.15) is 0 Å². The van der Waals surface area contributed by atoms with Crippen LogP contribution in [0.25, 0.3) is 0 Å². The van der Waals surface area contributed by atoms with Crippen molar-refractivity contribution in [3.63, 3.8) is 0 Å². The van der Waals surface area contributed by atoms with Crippen molar-refractivity contribution in [2.45, 2.75) is 6.04 Å². The Morgan fingerprint density at radius 3 is 1.88 bits per heavy atom. The number of nitrogen functional groups attached to an aromatic ring is 1. The Hall–Kier alpha value is -2.73. The Bertz CT molecular complexity index is 793. The van der Waals surface area contributed by atoms with Gasteiger partial charge in [-0.1, -0.05) is 35.9 Å². The molecule has 0 atom stereocenters. The number of hydrogen-bond donors (Lipinski definition) is 2. The highest BCUT2D eigenvalue weighted by Crippen LogP contribution is 2.31. The van der Waals surface area contributed by atoms with E-state index >= 15 is 0 Å². The Labute approximate surface area is 142 Å². The molecule has 0 spiro atoms. The van der Waals surface area contributed by atoms with Crippen molar-refractivity contribution in [1.82, 2.24) is 9.97 Å². The van der Waals surface area contributed by atoms with Gasteiger partial charge < -0.3 is 11.1 Å². The molecule has 3 rings (SSSR count). The fraction of sp³-hybridized carbons (Fsp3) is 0.0588. The van der Waals surface area contributed by atoms with Gasteiger partial charge in [0.15, 0.2) is 5.82 Å². The van der Waals surface area contributed by atoms with Gasteiger partial charge in [-0.05, 0) is 35.4 Å². The number of nitrogens with one attached hydrogen (secondary N) is 1. The molecular weight excluding hydrogens is 334 g/mol. The summed E-state index contributed by atoms with van der Waals surface area (Å²) in [6, 6.07) is 11.5. The van der Waals surface area contributed by atoms with Crippen LogP contribution < -0.4 is 11.1 Å². The van der Waals surface area contributed by atoms with Crippen molar-refractivity contribution in [2.24, 2.45) is 0 Å². The molecule has 2 aromatic carbocycles. The van der Waals surface area contributed by atoms with Crippen molar-refractivity contribution in [3.05, 3.63) is 82.6 Å². The molecule has 0 saturated heterocycles. The SMILES string of the molecule is Nc1ncnc(NC(c2ccc(F)cc2)c2ccc(F)cc2)c1Cl. The Kier molecular flexibility index (Phi) is 4.57. The zero-order valence-electron chi connectivity index (χ0n) is 12.4. The lowest BCUT2D eigenvalue weighted by atomic mass is 9.98. The van der Waals surface area contributed by atoms with E-state index in [0.29, 0.717) is 5.82 Å². The quantitative estimate of drug-likeness (QED) is 0.743. The highest BCUT2D eigenvalue weighted by atomic mass is 35.5. The van der Waals surface area contributed by atoms with Crippen LogP contribution in [-0.2, 0) is 0 Å². The summed E-state index contributed by atoms with van der Waals surface area (Å²) >= 11 is 6.13. The molecule has 0 saturated carbocycles. The number of nitrogens with two attached hydrogens (primary N) is 1. The van der Waals surface area contributed by atoms with Crippen LogP contribution in [0.5, 0.6) is 0 Å². The number of hydrogen-bond acceptors (Lipinski definition) is 4. The average Bonchev–Trinajstić information content (AvgIpc) is 2.58. The molecule has 24 heavy (non-hydrogen) atoms. The molecule has 4 nitrogen and oxygen atoms in total. The molecule has 0 aliphatic carbocycles. The van der Waals surface area contributed by atoms with E-state index < -0.39 is 6.04 Å². The molecule has 3 N–H and O–H groups in total. The summed E-state index contributed by atoms with van der Waals surface area (Å²) in [6.45, 7) is 0. The van der Waals surface area contributed by atoms with E-state index in [0.717, 1.165) is 11.1 Å². The minimum atomic E-state index is -0.419. The molecule has 7 heteroatoms. The van der Waals surface area contributed by atoms with E-state index in [2.05, 4.69) is 15.3 Å². The molecule has 0 radical (unpaired) electrons. The minimum absolute atomic E-state index is 0.145. The van der Waals surface area contributed by atoms with Crippen LogP contribution in [0.3, 0.4) is 0 Å². The smallest absolute Gasteiger partial charge is 0.151 e. The second-order valence-electron chi connectivity index (χ2n) is 5.10. The number of aromatic nitrogens is 2. The zero-order chi connectivity index (χ0) is 17.1. The van der Waals surface area contributed by atoms with Crippen molar-refractivity contribution >= 4 is 23.2 Å². The van der Waals surface area contributed by atoms with Gasteiger partial charge in [-0.3, -0.25) is 0 Å². The third-order valence-electron chi connectivity index (χ3n) is 3.50. The Morgan fingerprint density at radius 2 is 1.38 bits per heavy atom. The van der Waals surface area contributed by atoms with Gasteiger partial charge >= 0.3 is 0 Å². The van der Waals surface area contributed by atoms with Gasteiger partial charge in [0.1, 0.15) is 28.8 Å². The fourth-order valence-electron chi connectivity index (χ4n) is 2.29. The Balaban J connectivity index is 2.03. The fourth-order valence-corrected chi connectivity index (χ4v) is 2.44. The molecule has 122 valence electrons. The first-order chi connectivity index (χ1) is 11.5. The molecule has 0 aliphatic rings. The van der Waals surface area contributed by atoms with E-state index in [9.17, 15) is 8.78 Å². The van der Waals surface area contributed by atoms with E-state index in [-0.39, 0.29) is 22.5 Å². The summed E-state index contributed by atoms with van der Waals surface area (Å²) in [6.07, 6.45) is 1.29. The number of anilines is 2. The van der Waals surface area contributed by atoms with Crippen molar-refractivity contribution in [2.75, 3.05) is 11.1 Å². The summed E-state index contributed by atoms with van der Waals surface area (Å²) in [4.78, 5) is 7.89. The second kappa shape index (κ2) is 6.80. The lowest BCUT2D eigenvalue weighted by Gasteiger charge is -2.21. The lowest BCUT2D eigenvalue weighted by molar-refractivity contribution is 0.625. The van der Waals surface area contributed by atoms with Crippen LogP contribution in [0.15, 0.2) is 54.9 Å². The predicted molar refractivity (Wildman–Crippen MR) is 89.7 cm³/mol. The standard InChI is InChI=1S/C17H13ClF2N4/c18-14-16(21)22-9-23-17(14)24-15(10-1-5-12(19)6-2-10)11-3-7-13(20)8-4-11/h1-9,15H,(H3,21,22,23,24). The van der Waals surface area contributed by atoms with Crippen molar-refractivity contribution in [3.8, 4) is 0 Å². The van der Waals surface area contributed by atoms with Crippen LogP contribution in [0.2, 0.25) is 5.02 Å². The summed E-state index contributed by atoms with van der Waals surface area (Å²) in [5, 5.41) is 3.34. The van der Waals surface area contributed by atoms with Crippen LogP contribution >= 0.6 is 11.6 Å². The number of rotatable bonds is 4. The first-order valence-electron chi connectivity index (χ1n) is 7.08. The Morgan fingerprint density at radius 1 is 0.875 bits per heavy atom. The zero-order valence-corrected chi connectivity index (χ0v) is 13.1. The van der Waals surface area contributed by atoms with Crippen LogP contribution in [0.4, 0.5) is 20.4 Å². The largest absolute Gasteiger partial charge is 0.382 e. The maximum atomic E-state index is 13.2. The molecule has 3 aromatic rings. The van der Waals surface area contributed by atoms with Gasteiger partial charge in [-0.15, -0.1) is 0 Å². The second-order valence-corrected chi connectivity index (χ2v) is 5.48. The highest BCUT2D eigenvalue weighted by Gasteiger charge is 2.17. The van der Waals surface area contributed by atoms with Gasteiger partial charge in [0.2, 0.25) is 0 Å². The third kappa shape index (κ3) is 3.44. The van der Waals surface area contributed by atoms with Crippen molar-refractivity contribution < 1.29 is 8.78 Å². The van der Waals surface area contributed by atoms with Gasteiger partial charge in [0.05, 0.1) is 6.04 Å². The molecule has 0 unspecified atom stereocenters. The lowest BCUT2D eigenvalue weighted by Crippen LogP contribution is -2.14. The van der Waals surface area contributed by atoms with E-state index in [1.807, 2.05) is 0 Å². The molecule has 1 aromatic heterocycles. The predicted octanol–water partition coefficient (Wildman–Crippen LogP) is 4.19. The summed E-state index contributed by atoms with van der Waals surface area (Å²) in [5.74, 6) is -0.212. The molecular formula is C17H13ClF2N4. The minimum Gasteiger partial charge on any atom is -0.382 e. The first kappa shape index (κ1) is 16.1. The van der Waals surface area contributed by atoms with Gasteiger partial charge in [0, 0.05) is 0 Å². The summed E-state index contributed by atoms with van der Waals surface area (Å²) in [7, 11) is 0. The normalized spacial score (nSPS) is 10.8. The number of benzene rings is 2. The first-order valence-corrected chi connectivity index (χ1v) is 7.46. The van der Waals surface area contributed by atoms with Gasteiger partial charge in [0.25, 0.3) is 0 Å². The van der Waals surface area contributed by atoms with Crippen LogP contribution in [-0.4, -0.2) is 9.97 Å². The third-order valence-corrected chi connectivity index (χ3v) is 3.88. The topological polar surface area (TPSA) is 63.8 Å². The number of nitrogens with zero attached hydrogens (tertiary/aromatic N) is 2.